The van der Waals surface area contributed by atoms with Crippen molar-refractivity contribution in [1.82, 2.24) is 5.32 Å². The maximum absolute atomic E-state index is 5.78. The molecule has 0 amide bonds. The molecule has 1 aromatic rings. The molecule has 0 saturated carbocycles. The average Bonchev–Trinajstić information content (AvgIpc) is 2.15. The van der Waals surface area contributed by atoms with Crippen LogP contribution in [0.1, 0.15) is 12.0 Å². The van der Waals surface area contributed by atoms with Gasteiger partial charge in [0.1, 0.15) is 0 Å². The lowest BCUT2D eigenvalue weighted by molar-refractivity contribution is 0.697. The number of anilines is 1. The molecule has 2 nitrogen and oxygen atoms in total. The molecule has 0 heterocycles. The van der Waals surface area contributed by atoms with Crippen molar-refractivity contribution < 1.29 is 0 Å². The molecule has 0 spiro atoms. The van der Waals surface area contributed by atoms with Gasteiger partial charge in [0.05, 0.1) is 0 Å². The zero-order valence-electron chi connectivity index (χ0n) is 7.79. The number of nitrogens with one attached hydrogen (secondary N) is 1. The molecule has 0 saturated heterocycles. The van der Waals surface area contributed by atoms with Gasteiger partial charge >= 0.3 is 0 Å². The number of rotatable bonds is 5. The van der Waals surface area contributed by atoms with E-state index >= 15 is 0 Å². The van der Waals surface area contributed by atoms with Crippen LogP contribution in [0.15, 0.2) is 36.9 Å². The number of para-hydroxylation sites is 1. The molecule has 0 radical (unpaired) electrons. The largest absolute Gasteiger partial charge is 0.398 e. The van der Waals surface area contributed by atoms with Crippen LogP contribution in [-0.2, 0) is 6.54 Å². The van der Waals surface area contributed by atoms with Crippen LogP contribution in [0.3, 0.4) is 0 Å². The van der Waals surface area contributed by atoms with Gasteiger partial charge in [0, 0.05) is 12.2 Å². The minimum absolute atomic E-state index is 0.834. The molecular weight excluding hydrogens is 160 g/mol. The first-order valence-corrected chi connectivity index (χ1v) is 4.49. The molecule has 13 heavy (non-hydrogen) atoms. The Hall–Kier alpha value is -1.28. The van der Waals surface area contributed by atoms with E-state index in [0.29, 0.717) is 0 Å². The van der Waals surface area contributed by atoms with Gasteiger partial charge in [0.25, 0.3) is 0 Å². The Morgan fingerprint density at radius 3 is 2.85 bits per heavy atom. The van der Waals surface area contributed by atoms with Crippen molar-refractivity contribution in [3.8, 4) is 0 Å². The van der Waals surface area contributed by atoms with Gasteiger partial charge in [0.15, 0.2) is 0 Å². The van der Waals surface area contributed by atoms with Crippen LogP contribution in [0.2, 0.25) is 0 Å². The van der Waals surface area contributed by atoms with Crippen molar-refractivity contribution in [3.63, 3.8) is 0 Å². The van der Waals surface area contributed by atoms with Gasteiger partial charge in [-0.15, -0.1) is 6.58 Å². The third kappa shape index (κ3) is 3.30. The van der Waals surface area contributed by atoms with Gasteiger partial charge in [-0.05, 0) is 24.6 Å². The summed E-state index contributed by atoms with van der Waals surface area (Å²) in [4.78, 5) is 0. The second-order valence-corrected chi connectivity index (χ2v) is 2.95. The normalized spacial score (nSPS) is 9.85. The summed E-state index contributed by atoms with van der Waals surface area (Å²) in [6.07, 6.45) is 2.90. The molecule has 1 aromatic carbocycles. The molecule has 2 heteroatoms. The fourth-order valence-electron chi connectivity index (χ4n) is 1.12. The van der Waals surface area contributed by atoms with E-state index in [9.17, 15) is 0 Å². The van der Waals surface area contributed by atoms with E-state index in [1.165, 1.54) is 0 Å². The number of hydrogen-bond acceptors (Lipinski definition) is 2. The quantitative estimate of drug-likeness (QED) is 0.409. The fourth-order valence-corrected chi connectivity index (χ4v) is 1.12. The Morgan fingerprint density at radius 1 is 1.38 bits per heavy atom. The first-order chi connectivity index (χ1) is 6.34. The Bertz CT molecular complexity index is 269. The van der Waals surface area contributed by atoms with Gasteiger partial charge < -0.3 is 11.1 Å². The maximum Gasteiger partial charge on any atom is 0.0359 e. The van der Waals surface area contributed by atoms with Gasteiger partial charge in [-0.2, -0.15) is 0 Å². The Balaban J connectivity index is 2.36. The van der Waals surface area contributed by atoms with Crippen molar-refractivity contribution in [2.45, 2.75) is 13.0 Å². The van der Waals surface area contributed by atoms with Crippen molar-refractivity contribution in [3.05, 3.63) is 42.5 Å². The van der Waals surface area contributed by atoms with Crippen molar-refractivity contribution >= 4 is 5.69 Å². The van der Waals surface area contributed by atoms with E-state index in [2.05, 4.69) is 11.9 Å². The van der Waals surface area contributed by atoms with Crippen LogP contribution in [0.25, 0.3) is 0 Å². The predicted octanol–water partition coefficient (Wildman–Crippen LogP) is 1.93. The number of hydrogen-bond donors (Lipinski definition) is 2. The van der Waals surface area contributed by atoms with E-state index in [1.807, 2.05) is 30.3 Å². The topological polar surface area (TPSA) is 38.0 Å². The zero-order chi connectivity index (χ0) is 9.52. The lowest BCUT2D eigenvalue weighted by atomic mass is 10.2. The summed E-state index contributed by atoms with van der Waals surface area (Å²) in [5.41, 5.74) is 7.79. The molecule has 0 fully saturated rings. The predicted molar refractivity (Wildman–Crippen MR) is 57.4 cm³/mol. The molecule has 0 aliphatic carbocycles. The lowest BCUT2D eigenvalue weighted by Crippen LogP contribution is -2.14. The average molecular weight is 176 g/mol. The SMILES string of the molecule is C=CCCNCc1ccccc1N. The molecule has 1 rings (SSSR count). The summed E-state index contributed by atoms with van der Waals surface area (Å²) in [5.74, 6) is 0. The molecule has 0 aliphatic heterocycles. The molecule has 0 atom stereocenters. The third-order valence-corrected chi connectivity index (χ3v) is 1.90. The summed E-state index contributed by atoms with van der Waals surface area (Å²) in [7, 11) is 0. The summed E-state index contributed by atoms with van der Waals surface area (Å²) >= 11 is 0. The van der Waals surface area contributed by atoms with Gasteiger partial charge in [0.2, 0.25) is 0 Å². The van der Waals surface area contributed by atoms with Crippen LogP contribution in [0.4, 0.5) is 5.69 Å². The number of benzene rings is 1. The lowest BCUT2D eigenvalue weighted by Gasteiger charge is -2.05. The smallest absolute Gasteiger partial charge is 0.0359 e. The Kier molecular flexibility index (Phi) is 4.06. The van der Waals surface area contributed by atoms with Crippen molar-refractivity contribution in [2.75, 3.05) is 12.3 Å². The van der Waals surface area contributed by atoms with Crippen molar-refractivity contribution in [1.29, 1.82) is 0 Å². The third-order valence-electron chi connectivity index (χ3n) is 1.90. The highest BCUT2D eigenvalue weighted by Gasteiger charge is 1.95. The van der Waals surface area contributed by atoms with Crippen LogP contribution in [0.5, 0.6) is 0 Å². The molecular formula is C11H16N2. The number of nitrogen functional groups attached to an aromatic ring is 1. The summed E-state index contributed by atoms with van der Waals surface area (Å²) in [6, 6.07) is 7.91. The van der Waals surface area contributed by atoms with E-state index in [1.54, 1.807) is 0 Å². The van der Waals surface area contributed by atoms with Crippen LogP contribution in [-0.4, -0.2) is 6.54 Å². The monoisotopic (exact) mass is 176 g/mol. The second kappa shape index (κ2) is 5.38. The van der Waals surface area contributed by atoms with Crippen LogP contribution >= 0.6 is 0 Å². The first kappa shape index (κ1) is 9.81. The highest BCUT2D eigenvalue weighted by Crippen LogP contribution is 2.09. The fraction of sp³-hybridized carbons (Fsp3) is 0.273. The van der Waals surface area contributed by atoms with Gasteiger partial charge in [-0.25, -0.2) is 0 Å². The van der Waals surface area contributed by atoms with Gasteiger partial charge in [-0.3, -0.25) is 0 Å². The maximum atomic E-state index is 5.78. The summed E-state index contributed by atoms with van der Waals surface area (Å²) < 4.78 is 0. The van der Waals surface area contributed by atoms with E-state index < -0.39 is 0 Å². The van der Waals surface area contributed by atoms with Crippen LogP contribution in [0, 0.1) is 0 Å². The summed E-state index contributed by atoms with van der Waals surface area (Å²) in [5, 5.41) is 3.29. The Morgan fingerprint density at radius 2 is 2.15 bits per heavy atom. The molecule has 70 valence electrons. The standard InChI is InChI=1S/C11H16N2/c1-2-3-8-13-9-10-6-4-5-7-11(10)12/h2,4-7,13H,1,3,8-9,12H2. The molecule has 0 aliphatic rings. The highest BCUT2D eigenvalue weighted by molar-refractivity contribution is 5.46. The van der Waals surface area contributed by atoms with Crippen LogP contribution < -0.4 is 11.1 Å². The van der Waals surface area contributed by atoms with Gasteiger partial charge in [-0.1, -0.05) is 24.3 Å². The zero-order valence-corrected chi connectivity index (χ0v) is 7.79. The minimum atomic E-state index is 0.834. The second-order valence-electron chi connectivity index (χ2n) is 2.95. The van der Waals surface area contributed by atoms with E-state index in [0.717, 1.165) is 30.8 Å². The molecule has 3 N–H and O–H groups in total. The summed E-state index contributed by atoms with van der Waals surface area (Å²) in [6.45, 7) is 5.45. The molecule has 0 aromatic heterocycles. The first-order valence-electron chi connectivity index (χ1n) is 4.49. The van der Waals surface area contributed by atoms with Crippen molar-refractivity contribution in [2.24, 2.45) is 0 Å². The van der Waals surface area contributed by atoms with E-state index in [-0.39, 0.29) is 0 Å². The van der Waals surface area contributed by atoms with E-state index in [4.69, 9.17) is 5.73 Å². The molecule has 0 bridgehead atoms. The molecule has 0 unspecified atom stereocenters. The highest BCUT2D eigenvalue weighted by atomic mass is 14.8. The number of nitrogens with two attached hydrogens (primary N) is 1. The minimum Gasteiger partial charge on any atom is -0.398 e. The Labute approximate surface area is 79.5 Å².